The molecule has 1 unspecified atom stereocenters. The quantitative estimate of drug-likeness (QED) is 0.350. The largest absolute Gasteiger partial charge is 0.472 e. The molecule has 0 spiro atoms. The number of nitrogen functional groups attached to an aromatic ring is 1. The van der Waals surface area contributed by atoms with Crippen molar-refractivity contribution in [2.45, 2.75) is 45.4 Å². The number of nitrogens with two attached hydrogens (primary N) is 1. The third-order valence-electron chi connectivity index (χ3n) is 5.08. The first-order valence-corrected chi connectivity index (χ1v) is 14.0. The van der Waals surface area contributed by atoms with E-state index in [-0.39, 0.29) is 6.10 Å². The molecule has 0 aliphatic carbocycles. The van der Waals surface area contributed by atoms with E-state index >= 15 is 0 Å². The summed E-state index contributed by atoms with van der Waals surface area (Å²) in [5.74, 6) is 0.633. The average molecular weight is 424 g/mol. The molecule has 3 aromatic rings. The van der Waals surface area contributed by atoms with E-state index in [4.69, 9.17) is 15.2 Å². The molecule has 1 aromatic carbocycles. The van der Waals surface area contributed by atoms with Gasteiger partial charge in [-0.2, -0.15) is 0 Å². The smallest absolute Gasteiger partial charge is 0.218 e. The van der Waals surface area contributed by atoms with Gasteiger partial charge in [-0.1, -0.05) is 31.8 Å². The Labute approximate surface area is 178 Å². The number of hydrogen-bond donors (Lipinski definition) is 1. The molecule has 0 bridgehead atoms. The van der Waals surface area contributed by atoms with E-state index < -0.39 is 8.07 Å². The Morgan fingerprint density at radius 2 is 2.10 bits per heavy atom. The van der Waals surface area contributed by atoms with Crippen molar-refractivity contribution in [2.75, 3.05) is 18.9 Å². The predicted molar refractivity (Wildman–Crippen MR) is 123 cm³/mol. The van der Waals surface area contributed by atoms with Crippen molar-refractivity contribution in [3.05, 3.63) is 42.4 Å². The van der Waals surface area contributed by atoms with Crippen LogP contribution in [0.4, 0.5) is 5.69 Å². The fraction of sp³-hybridized carbons (Fsp3) is 0.409. The predicted octanol–water partition coefficient (Wildman–Crippen LogP) is 4.16. The number of anilines is 1. The van der Waals surface area contributed by atoms with Crippen molar-refractivity contribution in [3.8, 4) is 11.3 Å². The third kappa shape index (κ3) is 4.39. The van der Waals surface area contributed by atoms with E-state index in [1.165, 1.54) is 0 Å². The summed E-state index contributed by atoms with van der Waals surface area (Å²) in [5.41, 5.74) is 10.2. The lowest BCUT2D eigenvalue weighted by Crippen LogP contribution is -2.22. The number of hydrogen-bond acceptors (Lipinski definition) is 6. The first kappa shape index (κ1) is 20.6. The number of nitrogens with zero attached hydrogens (tertiary/aromatic N) is 4. The molecule has 2 N–H and O–H groups in total. The molecule has 8 heteroatoms. The van der Waals surface area contributed by atoms with Gasteiger partial charge in [0, 0.05) is 32.1 Å². The first-order chi connectivity index (χ1) is 14.3. The summed E-state index contributed by atoms with van der Waals surface area (Å²) >= 11 is 0. The molecule has 0 amide bonds. The van der Waals surface area contributed by atoms with Crippen LogP contribution in [0.2, 0.25) is 25.7 Å². The lowest BCUT2D eigenvalue weighted by Gasteiger charge is -2.15. The number of fused-ring (bicyclic) bond motifs is 1. The van der Waals surface area contributed by atoms with Crippen LogP contribution in [0.25, 0.3) is 22.3 Å². The van der Waals surface area contributed by atoms with Crippen LogP contribution in [0.3, 0.4) is 0 Å². The Hall–Kier alpha value is -2.71. The second kappa shape index (κ2) is 8.20. The first-order valence-electron chi connectivity index (χ1n) is 10.3. The van der Waals surface area contributed by atoms with Gasteiger partial charge in [0.05, 0.1) is 23.2 Å². The molecule has 0 saturated carbocycles. The average Bonchev–Trinajstić information content (AvgIpc) is 3.28. The lowest BCUT2D eigenvalue weighted by molar-refractivity contribution is 0.0898. The second-order valence-electron chi connectivity index (χ2n) is 8.98. The summed E-state index contributed by atoms with van der Waals surface area (Å²) in [4.78, 5) is 13.7. The number of aromatic nitrogens is 3. The summed E-state index contributed by atoms with van der Waals surface area (Å²) in [6.45, 7) is 10.9. The number of benzene rings is 1. The summed E-state index contributed by atoms with van der Waals surface area (Å²) in [6.07, 6.45) is 3.66. The van der Waals surface area contributed by atoms with Gasteiger partial charge in [-0.25, -0.2) is 15.0 Å². The summed E-state index contributed by atoms with van der Waals surface area (Å²) in [5, 5.41) is 0.907. The molecular weight excluding hydrogens is 394 g/mol. The normalized spacial score (nSPS) is 16.7. The molecule has 0 radical (unpaired) electrons. The number of aliphatic imine (C=N–C) groups is 1. The Kier molecular flexibility index (Phi) is 5.62. The summed E-state index contributed by atoms with van der Waals surface area (Å²) in [7, 11) is -1.14. The molecule has 30 heavy (non-hydrogen) atoms. The highest BCUT2D eigenvalue weighted by atomic mass is 28.3. The van der Waals surface area contributed by atoms with Crippen LogP contribution in [0.1, 0.15) is 12.5 Å². The van der Waals surface area contributed by atoms with E-state index in [2.05, 4.69) is 34.6 Å². The standard InChI is InChI=1S/C22H29N5O2Si/c1-15-11-24-22(29-15)18-12-27(14-28-8-9-30(2,3)4)21-19(18)20(25-13-26-21)16-6-5-7-17(23)10-16/h5-7,10,12-13,15H,8-9,11,14,23H2,1-4H3. The van der Waals surface area contributed by atoms with Gasteiger partial charge >= 0.3 is 0 Å². The molecule has 7 nitrogen and oxygen atoms in total. The van der Waals surface area contributed by atoms with E-state index in [1.807, 2.05) is 42.0 Å². The summed E-state index contributed by atoms with van der Waals surface area (Å²) < 4.78 is 14.0. The molecule has 4 rings (SSSR count). The molecule has 158 valence electrons. The maximum atomic E-state index is 6.03. The van der Waals surface area contributed by atoms with E-state index in [9.17, 15) is 0 Å². The minimum atomic E-state index is -1.14. The maximum absolute atomic E-state index is 6.03. The van der Waals surface area contributed by atoms with Crippen LogP contribution in [0.5, 0.6) is 0 Å². The van der Waals surface area contributed by atoms with Crippen molar-refractivity contribution in [1.82, 2.24) is 14.5 Å². The third-order valence-corrected chi connectivity index (χ3v) is 6.78. The molecule has 3 heterocycles. The minimum Gasteiger partial charge on any atom is -0.472 e. The summed E-state index contributed by atoms with van der Waals surface area (Å²) in [6, 6.07) is 8.85. The molecule has 0 saturated heterocycles. The molecule has 0 fully saturated rings. The molecule has 1 aliphatic heterocycles. The fourth-order valence-electron chi connectivity index (χ4n) is 3.46. The Morgan fingerprint density at radius 1 is 1.27 bits per heavy atom. The minimum absolute atomic E-state index is 0.0619. The van der Waals surface area contributed by atoms with Gasteiger partial charge in [-0.15, -0.1) is 0 Å². The van der Waals surface area contributed by atoms with Crippen LogP contribution >= 0.6 is 0 Å². The van der Waals surface area contributed by atoms with E-state index in [0.29, 0.717) is 24.9 Å². The van der Waals surface area contributed by atoms with Crippen molar-refractivity contribution in [1.29, 1.82) is 0 Å². The highest BCUT2D eigenvalue weighted by Gasteiger charge is 2.25. The Morgan fingerprint density at radius 3 is 2.80 bits per heavy atom. The zero-order chi connectivity index (χ0) is 21.3. The maximum Gasteiger partial charge on any atom is 0.218 e. The van der Waals surface area contributed by atoms with E-state index in [1.54, 1.807) is 6.33 Å². The van der Waals surface area contributed by atoms with Gasteiger partial charge in [0.25, 0.3) is 0 Å². The van der Waals surface area contributed by atoms with Crippen molar-refractivity contribution in [3.63, 3.8) is 0 Å². The second-order valence-corrected chi connectivity index (χ2v) is 14.6. The number of ether oxygens (including phenoxy) is 2. The van der Waals surface area contributed by atoms with Crippen LogP contribution in [-0.2, 0) is 16.2 Å². The van der Waals surface area contributed by atoms with Crippen LogP contribution < -0.4 is 5.73 Å². The Balaban J connectivity index is 1.75. The number of rotatable bonds is 7. The van der Waals surface area contributed by atoms with Crippen LogP contribution in [0, 0.1) is 0 Å². The van der Waals surface area contributed by atoms with Crippen molar-refractivity contribution in [2.24, 2.45) is 4.99 Å². The molecule has 1 aliphatic rings. The van der Waals surface area contributed by atoms with Gasteiger partial charge in [-0.3, -0.25) is 0 Å². The lowest BCUT2D eigenvalue weighted by atomic mass is 10.1. The molecular formula is C22H29N5O2Si. The van der Waals surface area contributed by atoms with Crippen molar-refractivity contribution >= 4 is 30.7 Å². The van der Waals surface area contributed by atoms with Gasteiger partial charge in [0.15, 0.2) is 0 Å². The van der Waals surface area contributed by atoms with Crippen LogP contribution in [0.15, 0.2) is 41.8 Å². The Bertz CT molecular complexity index is 1090. The molecule has 1 atom stereocenters. The van der Waals surface area contributed by atoms with Gasteiger partial charge in [0.1, 0.15) is 24.8 Å². The van der Waals surface area contributed by atoms with Gasteiger partial charge in [-0.05, 0) is 25.1 Å². The highest BCUT2D eigenvalue weighted by molar-refractivity contribution is 6.76. The van der Waals surface area contributed by atoms with Gasteiger partial charge < -0.3 is 19.8 Å². The van der Waals surface area contributed by atoms with Gasteiger partial charge in [0.2, 0.25) is 5.90 Å². The zero-order valence-electron chi connectivity index (χ0n) is 18.1. The highest BCUT2D eigenvalue weighted by Crippen LogP contribution is 2.32. The molecule has 2 aromatic heterocycles. The topological polar surface area (TPSA) is 87.5 Å². The van der Waals surface area contributed by atoms with Crippen molar-refractivity contribution < 1.29 is 9.47 Å². The SMILES string of the molecule is CC1CN=C(c2cn(COCC[Si](C)(C)C)c3ncnc(-c4cccc(N)c4)c23)O1. The van der Waals surface area contributed by atoms with Crippen LogP contribution in [-0.4, -0.2) is 47.8 Å². The zero-order valence-corrected chi connectivity index (χ0v) is 19.1. The fourth-order valence-corrected chi connectivity index (χ4v) is 4.21. The van der Waals surface area contributed by atoms with E-state index in [0.717, 1.165) is 40.5 Å². The monoisotopic (exact) mass is 423 g/mol.